The normalized spacial score (nSPS) is 18.6. The lowest BCUT2D eigenvalue weighted by atomic mass is 10.2. The number of nitriles is 1. The number of nitrogens with one attached hydrogen (secondary N) is 1. The number of β-amino-alcohol motifs (C(OH)–C–C–N with tert-alkyl or cyclic N) is 1. The van der Waals surface area contributed by atoms with E-state index in [-0.39, 0.29) is 6.10 Å². The van der Waals surface area contributed by atoms with E-state index in [2.05, 4.69) is 36.2 Å². The molecule has 3 aromatic heterocycles. The topological polar surface area (TPSA) is 123 Å². The van der Waals surface area contributed by atoms with Crippen molar-refractivity contribution < 1.29 is 9.84 Å². The first-order valence-corrected chi connectivity index (χ1v) is 11.4. The van der Waals surface area contributed by atoms with Gasteiger partial charge in [0.2, 0.25) is 5.95 Å². The minimum Gasteiger partial charge on any atom is -0.391 e. The fourth-order valence-corrected chi connectivity index (χ4v) is 4.16. The number of hydrogen-bond donors (Lipinski definition) is 2. The Morgan fingerprint density at radius 2 is 1.91 bits per heavy atom. The van der Waals surface area contributed by atoms with Crippen molar-refractivity contribution in [3.05, 3.63) is 54.1 Å². The van der Waals surface area contributed by atoms with Gasteiger partial charge in [-0.15, -0.1) is 0 Å². The minimum absolute atomic E-state index is 0.319. The number of morpholine rings is 1. The van der Waals surface area contributed by atoms with Crippen LogP contribution in [-0.2, 0) is 11.3 Å². The Hall–Kier alpha value is -3.65. The van der Waals surface area contributed by atoms with Gasteiger partial charge in [-0.05, 0) is 36.8 Å². The Labute approximate surface area is 197 Å². The quantitative estimate of drug-likeness (QED) is 0.566. The molecule has 2 aliphatic rings. The fraction of sp³-hybridized carbons (Fsp3) is 0.375. The Morgan fingerprint density at radius 3 is 2.65 bits per heavy atom. The second-order valence-corrected chi connectivity index (χ2v) is 8.38. The Kier molecular flexibility index (Phi) is 6.58. The molecule has 1 unspecified atom stereocenters. The van der Waals surface area contributed by atoms with E-state index in [1.165, 1.54) is 0 Å². The summed E-state index contributed by atoms with van der Waals surface area (Å²) in [6.45, 7) is 5.39. The number of aliphatic hydroxyl groups excluding tert-OH is 1. The van der Waals surface area contributed by atoms with Crippen molar-refractivity contribution in [3.63, 3.8) is 0 Å². The van der Waals surface area contributed by atoms with Crippen LogP contribution in [0.1, 0.15) is 17.8 Å². The number of pyridine rings is 2. The third kappa shape index (κ3) is 5.12. The summed E-state index contributed by atoms with van der Waals surface area (Å²) < 4.78 is 5.39. The predicted octanol–water partition coefficient (Wildman–Crippen LogP) is 1.95. The van der Waals surface area contributed by atoms with Crippen molar-refractivity contribution in [1.29, 1.82) is 5.26 Å². The summed E-state index contributed by atoms with van der Waals surface area (Å²) in [4.78, 5) is 22.3. The fourth-order valence-electron chi connectivity index (χ4n) is 4.16. The van der Waals surface area contributed by atoms with Crippen LogP contribution in [-0.4, -0.2) is 75.4 Å². The van der Waals surface area contributed by atoms with Crippen LogP contribution >= 0.6 is 0 Å². The lowest BCUT2D eigenvalue weighted by Gasteiger charge is -2.26. The largest absolute Gasteiger partial charge is 0.391 e. The summed E-state index contributed by atoms with van der Waals surface area (Å²) in [6, 6.07) is 11.6. The van der Waals surface area contributed by atoms with E-state index in [1.54, 1.807) is 18.5 Å². The molecule has 0 radical (unpaired) electrons. The van der Waals surface area contributed by atoms with Gasteiger partial charge in [-0.25, -0.2) is 15.0 Å². The van der Waals surface area contributed by atoms with E-state index < -0.39 is 0 Å². The molecule has 5 rings (SSSR count). The van der Waals surface area contributed by atoms with E-state index in [9.17, 15) is 10.4 Å². The highest BCUT2D eigenvalue weighted by Crippen LogP contribution is 2.26. The zero-order chi connectivity index (χ0) is 23.3. The lowest BCUT2D eigenvalue weighted by molar-refractivity contribution is 0.0336. The number of anilines is 3. The van der Waals surface area contributed by atoms with Crippen molar-refractivity contribution >= 4 is 17.3 Å². The molecule has 10 heteroatoms. The van der Waals surface area contributed by atoms with Crippen molar-refractivity contribution in [2.45, 2.75) is 19.1 Å². The predicted molar refractivity (Wildman–Crippen MR) is 126 cm³/mol. The van der Waals surface area contributed by atoms with Crippen LogP contribution in [0.2, 0.25) is 0 Å². The number of aliphatic hydroxyl groups is 1. The standard InChI is InChI=1S/C24H26N8O2/c25-13-22-23(32-8-6-19(33)16-32)4-3-20(29-22)21-5-7-26-24(30-21)28-17-1-2-18(27-14-17)15-31-9-11-34-12-10-31/h1-5,7,14,19,33H,6,8-12,15-16H2,(H,26,28,30). The summed E-state index contributed by atoms with van der Waals surface area (Å²) >= 11 is 0. The smallest absolute Gasteiger partial charge is 0.227 e. The monoisotopic (exact) mass is 458 g/mol. The summed E-state index contributed by atoms with van der Waals surface area (Å²) in [6.07, 6.45) is 3.75. The van der Waals surface area contributed by atoms with Gasteiger partial charge in [0.15, 0.2) is 5.69 Å². The maximum Gasteiger partial charge on any atom is 0.227 e. The Morgan fingerprint density at radius 1 is 1.06 bits per heavy atom. The lowest BCUT2D eigenvalue weighted by Crippen LogP contribution is -2.35. The molecule has 0 bridgehead atoms. The molecule has 0 aromatic carbocycles. The average Bonchev–Trinajstić information content (AvgIpc) is 3.31. The molecule has 34 heavy (non-hydrogen) atoms. The van der Waals surface area contributed by atoms with Crippen LogP contribution in [0.3, 0.4) is 0 Å². The molecular formula is C24H26N8O2. The highest BCUT2D eigenvalue weighted by atomic mass is 16.5. The second-order valence-electron chi connectivity index (χ2n) is 8.38. The molecule has 2 N–H and O–H groups in total. The van der Waals surface area contributed by atoms with E-state index >= 15 is 0 Å². The van der Waals surface area contributed by atoms with E-state index in [4.69, 9.17) is 4.74 Å². The molecule has 2 aliphatic heterocycles. The number of aromatic nitrogens is 4. The van der Waals surface area contributed by atoms with Gasteiger partial charge < -0.3 is 20.1 Å². The SMILES string of the molecule is N#Cc1nc(-c2ccnc(Nc3ccc(CN4CCOCC4)nc3)n2)ccc1N1CCC(O)C1. The zero-order valence-corrected chi connectivity index (χ0v) is 18.8. The maximum atomic E-state index is 9.82. The molecular weight excluding hydrogens is 432 g/mol. The Bertz CT molecular complexity index is 1170. The molecule has 0 spiro atoms. The molecule has 2 fully saturated rings. The van der Waals surface area contributed by atoms with Gasteiger partial charge in [0.05, 0.1) is 54.0 Å². The van der Waals surface area contributed by atoms with E-state index in [0.717, 1.165) is 49.9 Å². The summed E-state index contributed by atoms with van der Waals surface area (Å²) in [5.74, 6) is 0.423. The molecule has 10 nitrogen and oxygen atoms in total. The van der Waals surface area contributed by atoms with Crippen LogP contribution < -0.4 is 10.2 Å². The first-order chi connectivity index (χ1) is 16.7. The summed E-state index contributed by atoms with van der Waals surface area (Å²) in [5.41, 5.74) is 4.04. The third-order valence-corrected chi connectivity index (χ3v) is 5.97. The molecule has 3 aromatic rings. The number of ether oxygens (including phenoxy) is 1. The van der Waals surface area contributed by atoms with Crippen LogP contribution in [0.5, 0.6) is 0 Å². The van der Waals surface area contributed by atoms with E-state index in [1.807, 2.05) is 29.2 Å². The molecule has 0 amide bonds. The average molecular weight is 459 g/mol. The number of rotatable bonds is 6. The molecule has 0 saturated carbocycles. The Balaban J connectivity index is 1.28. The van der Waals surface area contributed by atoms with Gasteiger partial charge in [-0.1, -0.05) is 0 Å². The number of hydrogen-bond acceptors (Lipinski definition) is 10. The van der Waals surface area contributed by atoms with Crippen LogP contribution in [0.25, 0.3) is 11.4 Å². The van der Waals surface area contributed by atoms with Gasteiger partial charge in [0.25, 0.3) is 0 Å². The minimum atomic E-state index is -0.371. The van der Waals surface area contributed by atoms with Crippen molar-refractivity contribution in [1.82, 2.24) is 24.8 Å². The van der Waals surface area contributed by atoms with Gasteiger partial charge in [0.1, 0.15) is 6.07 Å². The molecule has 2 saturated heterocycles. The van der Waals surface area contributed by atoms with Crippen LogP contribution in [0.4, 0.5) is 17.3 Å². The van der Waals surface area contributed by atoms with Crippen LogP contribution in [0.15, 0.2) is 42.7 Å². The first kappa shape index (κ1) is 22.2. The summed E-state index contributed by atoms with van der Waals surface area (Å²) in [7, 11) is 0. The maximum absolute atomic E-state index is 9.82. The molecule has 5 heterocycles. The highest BCUT2D eigenvalue weighted by Gasteiger charge is 2.23. The van der Waals surface area contributed by atoms with Gasteiger partial charge in [0, 0.05) is 38.9 Å². The van der Waals surface area contributed by atoms with Crippen molar-refractivity contribution in [2.24, 2.45) is 0 Å². The van der Waals surface area contributed by atoms with E-state index in [0.29, 0.717) is 42.5 Å². The third-order valence-electron chi connectivity index (χ3n) is 5.97. The molecule has 1 atom stereocenters. The zero-order valence-electron chi connectivity index (χ0n) is 18.8. The summed E-state index contributed by atoms with van der Waals surface area (Å²) in [5, 5.41) is 22.6. The molecule has 0 aliphatic carbocycles. The number of nitrogens with zero attached hydrogens (tertiary/aromatic N) is 7. The first-order valence-electron chi connectivity index (χ1n) is 11.4. The van der Waals surface area contributed by atoms with Crippen molar-refractivity contribution in [2.75, 3.05) is 49.6 Å². The van der Waals surface area contributed by atoms with Gasteiger partial charge in [-0.2, -0.15) is 5.26 Å². The molecule has 174 valence electrons. The van der Waals surface area contributed by atoms with Gasteiger partial charge in [-0.3, -0.25) is 9.88 Å². The highest BCUT2D eigenvalue weighted by molar-refractivity contribution is 5.65. The van der Waals surface area contributed by atoms with Crippen molar-refractivity contribution in [3.8, 4) is 17.5 Å². The van der Waals surface area contributed by atoms with Gasteiger partial charge >= 0.3 is 0 Å². The van der Waals surface area contributed by atoms with Crippen LogP contribution in [0, 0.1) is 11.3 Å². The second kappa shape index (κ2) is 10.1.